The molecule has 0 radical (unpaired) electrons. The van der Waals surface area contributed by atoms with Crippen LogP contribution in [-0.4, -0.2) is 36.4 Å². The zero-order valence-corrected chi connectivity index (χ0v) is 12.7. The summed E-state index contributed by atoms with van der Waals surface area (Å²) in [6, 6.07) is 13.9. The minimum absolute atomic E-state index is 0.0923. The summed E-state index contributed by atoms with van der Waals surface area (Å²) in [6.07, 6.45) is 1.61. The molecule has 0 saturated carbocycles. The van der Waals surface area contributed by atoms with Crippen molar-refractivity contribution in [3.8, 4) is 0 Å². The number of likely N-dealkylation sites (N-methyl/N-ethyl adjacent to an activating group) is 1. The van der Waals surface area contributed by atoms with Gasteiger partial charge in [0.2, 0.25) is 0 Å². The van der Waals surface area contributed by atoms with Crippen LogP contribution in [0.2, 0.25) is 0 Å². The Hall–Kier alpha value is -2.20. The third-order valence-electron chi connectivity index (χ3n) is 3.44. The first-order valence-corrected chi connectivity index (χ1v) is 7.00. The van der Waals surface area contributed by atoms with Gasteiger partial charge in [-0.25, -0.2) is 0 Å². The van der Waals surface area contributed by atoms with E-state index >= 15 is 0 Å². The summed E-state index contributed by atoms with van der Waals surface area (Å²) in [6.45, 7) is 2.46. The third-order valence-corrected chi connectivity index (χ3v) is 3.44. The van der Waals surface area contributed by atoms with Gasteiger partial charge in [0.1, 0.15) is 0 Å². The van der Waals surface area contributed by atoms with Crippen molar-refractivity contribution in [1.29, 1.82) is 0 Å². The summed E-state index contributed by atoms with van der Waals surface area (Å²) in [5.41, 5.74) is 2.68. The van der Waals surface area contributed by atoms with Gasteiger partial charge in [-0.15, -0.1) is 0 Å². The molecule has 0 unspecified atom stereocenters. The van der Waals surface area contributed by atoms with Gasteiger partial charge in [0.05, 0.1) is 11.6 Å². The zero-order valence-electron chi connectivity index (χ0n) is 12.7. The van der Waals surface area contributed by atoms with Gasteiger partial charge < -0.3 is 10.2 Å². The molecule has 1 atom stereocenters. The van der Waals surface area contributed by atoms with Crippen LogP contribution in [0.3, 0.4) is 0 Å². The van der Waals surface area contributed by atoms with E-state index in [1.807, 2.05) is 45.3 Å². The highest BCUT2D eigenvalue weighted by molar-refractivity contribution is 5.93. The largest absolute Gasteiger partial charge is 0.350 e. The summed E-state index contributed by atoms with van der Waals surface area (Å²) in [7, 11) is 4.02. The molecule has 0 fully saturated rings. The van der Waals surface area contributed by atoms with Gasteiger partial charge in [-0.05, 0) is 38.7 Å². The van der Waals surface area contributed by atoms with Gasteiger partial charge >= 0.3 is 0 Å². The van der Waals surface area contributed by atoms with Crippen molar-refractivity contribution in [3.05, 3.63) is 65.5 Å². The predicted octanol–water partition coefficient (Wildman–Crippen LogP) is 2.42. The van der Waals surface area contributed by atoms with E-state index in [2.05, 4.69) is 27.3 Å². The maximum Gasteiger partial charge on any atom is 0.252 e. The van der Waals surface area contributed by atoms with Crippen LogP contribution in [0, 0.1) is 6.92 Å². The highest BCUT2D eigenvalue weighted by Crippen LogP contribution is 2.16. The molecule has 21 heavy (non-hydrogen) atoms. The molecule has 0 aliphatic rings. The number of rotatable bonds is 5. The van der Waals surface area contributed by atoms with Crippen molar-refractivity contribution in [3.63, 3.8) is 0 Å². The minimum Gasteiger partial charge on any atom is -0.350 e. The first-order chi connectivity index (χ1) is 10.1. The number of nitrogens with one attached hydrogen (secondary N) is 1. The number of carbonyl (C=O) groups is 1. The fourth-order valence-corrected chi connectivity index (χ4v) is 2.17. The smallest absolute Gasteiger partial charge is 0.252 e. The molecule has 0 saturated heterocycles. The number of aryl methyl sites for hydroxylation is 1. The van der Waals surface area contributed by atoms with E-state index in [1.165, 1.54) is 5.56 Å². The van der Waals surface area contributed by atoms with Crippen LogP contribution < -0.4 is 5.32 Å². The van der Waals surface area contributed by atoms with Crippen molar-refractivity contribution in [2.45, 2.75) is 13.0 Å². The molecule has 0 spiro atoms. The predicted molar refractivity (Wildman–Crippen MR) is 84.2 cm³/mol. The van der Waals surface area contributed by atoms with Crippen LogP contribution in [0.25, 0.3) is 0 Å². The van der Waals surface area contributed by atoms with Crippen LogP contribution in [0.4, 0.5) is 0 Å². The molecule has 0 aliphatic carbocycles. The highest BCUT2D eigenvalue weighted by Gasteiger charge is 2.15. The van der Waals surface area contributed by atoms with Crippen molar-refractivity contribution in [2.24, 2.45) is 0 Å². The molecule has 2 aromatic rings. The summed E-state index contributed by atoms with van der Waals surface area (Å²) in [5.74, 6) is -0.0923. The number of benzene rings is 1. The number of carbonyl (C=O) groups excluding carboxylic acids is 1. The molecule has 4 heteroatoms. The van der Waals surface area contributed by atoms with Crippen molar-refractivity contribution in [1.82, 2.24) is 15.2 Å². The normalized spacial score (nSPS) is 12.2. The molecular formula is C17H21N3O. The number of hydrogen-bond donors (Lipinski definition) is 1. The molecule has 4 nitrogen and oxygen atoms in total. The summed E-state index contributed by atoms with van der Waals surface area (Å²) < 4.78 is 0. The number of aromatic nitrogens is 1. The fraction of sp³-hybridized carbons (Fsp3) is 0.294. The summed E-state index contributed by atoms with van der Waals surface area (Å²) in [5, 5.41) is 2.98. The van der Waals surface area contributed by atoms with Gasteiger partial charge in [0, 0.05) is 18.4 Å². The Morgan fingerprint density at radius 2 is 1.90 bits per heavy atom. The standard InChI is InChI=1S/C17H21N3O/c1-13-9-10-15(11-18-13)17(21)19-12-16(20(2)3)14-7-5-4-6-8-14/h4-11,16H,12H2,1-3H3,(H,19,21)/t16-/m1/s1. The first kappa shape index (κ1) is 15.2. The van der Waals surface area contributed by atoms with Crippen molar-refractivity contribution in [2.75, 3.05) is 20.6 Å². The first-order valence-electron chi connectivity index (χ1n) is 7.00. The summed E-state index contributed by atoms with van der Waals surface area (Å²) in [4.78, 5) is 18.4. The molecule has 0 aliphatic heterocycles. The topological polar surface area (TPSA) is 45.2 Å². The van der Waals surface area contributed by atoms with Gasteiger partial charge in [0.25, 0.3) is 5.91 Å². The van der Waals surface area contributed by atoms with Crippen LogP contribution in [-0.2, 0) is 0 Å². The minimum atomic E-state index is -0.0923. The molecule has 1 heterocycles. The second-order valence-corrected chi connectivity index (χ2v) is 5.29. The Balaban J connectivity index is 2.02. The van der Waals surface area contributed by atoms with E-state index in [9.17, 15) is 4.79 Å². The van der Waals surface area contributed by atoms with Crippen LogP contribution in [0.1, 0.15) is 27.7 Å². The monoisotopic (exact) mass is 283 g/mol. The number of amides is 1. The number of nitrogens with zero attached hydrogens (tertiary/aromatic N) is 2. The van der Waals surface area contributed by atoms with Crippen LogP contribution in [0.15, 0.2) is 48.7 Å². The molecular weight excluding hydrogens is 262 g/mol. The number of pyridine rings is 1. The van der Waals surface area contributed by atoms with E-state index in [-0.39, 0.29) is 11.9 Å². The zero-order chi connectivity index (χ0) is 15.2. The molecule has 1 amide bonds. The van der Waals surface area contributed by atoms with E-state index in [0.29, 0.717) is 12.1 Å². The Morgan fingerprint density at radius 3 is 2.48 bits per heavy atom. The van der Waals surface area contributed by atoms with E-state index in [0.717, 1.165) is 5.69 Å². The Morgan fingerprint density at radius 1 is 1.19 bits per heavy atom. The average Bonchev–Trinajstić information content (AvgIpc) is 2.48. The summed E-state index contributed by atoms with van der Waals surface area (Å²) >= 11 is 0. The maximum absolute atomic E-state index is 12.1. The molecule has 1 aromatic carbocycles. The second kappa shape index (κ2) is 6.99. The average molecular weight is 283 g/mol. The molecule has 110 valence electrons. The Bertz CT molecular complexity index is 579. The van der Waals surface area contributed by atoms with Gasteiger partial charge in [-0.2, -0.15) is 0 Å². The van der Waals surface area contributed by atoms with E-state index in [4.69, 9.17) is 0 Å². The van der Waals surface area contributed by atoms with Crippen molar-refractivity contribution < 1.29 is 4.79 Å². The SMILES string of the molecule is Cc1ccc(C(=O)NC[C@H](c2ccccc2)N(C)C)cn1. The second-order valence-electron chi connectivity index (χ2n) is 5.29. The van der Waals surface area contributed by atoms with Gasteiger partial charge in [0.15, 0.2) is 0 Å². The van der Waals surface area contributed by atoms with Gasteiger partial charge in [-0.1, -0.05) is 30.3 Å². The third kappa shape index (κ3) is 4.13. The lowest BCUT2D eigenvalue weighted by Crippen LogP contribution is -2.34. The Kier molecular flexibility index (Phi) is 5.06. The van der Waals surface area contributed by atoms with E-state index < -0.39 is 0 Å². The molecule has 1 N–H and O–H groups in total. The quantitative estimate of drug-likeness (QED) is 0.916. The highest BCUT2D eigenvalue weighted by atomic mass is 16.1. The lowest BCUT2D eigenvalue weighted by atomic mass is 10.1. The Labute approximate surface area is 125 Å². The fourth-order valence-electron chi connectivity index (χ4n) is 2.17. The number of hydrogen-bond acceptors (Lipinski definition) is 3. The maximum atomic E-state index is 12.1. The van der Waals surface area contributed by atoms with Crippen LogP contribution >= 0.6 is 0 Å². The van der Waals surface area contributed by atoms with Crippen molar-refractivity contribution >= 4 is 5.91 Å². The molecule has 1 aromatic heterocycles. The van der Waals surface area contributed by atoms with Crippen LogP contribution in [0.5, 0.6) is 0 Å². The van der Waals surface area contributed by atoms with Gasteiger partial charge in [-0.3, -0.25) is 9.78 Å². The molecule has 0 bridgehead atoms. The van der Waals surface area contributed by atoms with E-state index in [1.54, 1.807) is 12.3 Å². The molecule has 2 rings (SSSR count). The lowest BCUT2D eigenvalue weighted by molar-refractivity contribution is 0.0941. The lowest BCUT2D eigenvalue weighted by Gasteiger charge is -2.25.